The molecular weight excluding hydrogens is 1120 g/mol. The quantitative estimate of drug-likeness (QED) is 0.0479. The van der Waals surface area contributed by atoms with E-state index in [0.29, 0.717) is 11.1 Å². The van der Waals surface area contributed by atoms with E-state index in [1.54, 1.807) is 41.5 Å². The Labute approximate surface area is 477 Å². The molecule has 25 heteroatoms. The summed E-state index contributed by atoms with van der Waals surface area (Å²) in [6.07, 6.45) is -7.48. The minimum absolute atomic E-state index is 0.0441. The molecule has 8 rings (SSSR count). The van der Waals surface area contributed by atoms with E-state index < -0.39 is 104 Å². The first-order valence-corrected chi connectivity index (χ1v) is 27.0. The topological polar surface area (TPSA) is 189 Å². The summed E-state index contributed by atoms with van der Waals surface area (Å²) in [7, 11) is 2.18. The molecule has 18 nitrogen and oxygen atoms in total. The molecule has 83 heavy (non-hydrogen) atoms. The van der Waals surface area contributed by atoms with Gasteiger partial charge in [0.1, 0.15) is 23.3 Å². The van der Waals surface area contributed by atoms with E-state index >= 15 is 26.3 Å². The van der Waals surface area contributed by atoms with Gasteiger partial charge in [-0.3, -0.25) is 9.59 Å². The number of amides is 4. The Morgan fingerprint density at radius 3 is 1.29 bits per heavy atom. The monoisotopic (exact) mass is 1180 g/mol. The number of methoxy groups -OCH3 is 2. The number of rotatable bonds is 10. The van der Waals surface area contributed by atoms with Gasteiger partial charge in [0.15, 0.2) is 11.5 Å². The molecule has 4 aromatic carbocycles. The van der Waals surface area contributed by atoms with Crippen LogP contribution in [0.5, 0.6) is 11.5 Å². The van der Waals surface area contributed by atoms with E-state index in [2.05, 4.69) is 0 Å². The number of piperazine rings is 2. The average Bonchev–Trinajstić information content (AvgIpc) is 2.08. The molecule has 2 unspecified atom stereocenters. The van der Waals surface area contributed by atoms with Crippen LogP contribution in [-0.2, 0) is 73.1 Å². The fourth-order valence-electron chi connectivity index (χ4n) is 9.75. The Bertz CT molecular complexity index is 3030. The molecule has 2 fully saturated rings. The number of alkyl halides is 6. The Morgan fingerprint density at radius 1 is 0.554 bits per heavy atom. The van der Waals surface area contributed by atoms with Crippen molar-refractivity contribution in [1.82, 2.24) is 19.6 Å². The van der Waals surface area contributed by atoms with Gasteiger partial charge in [-0.05, 0) is 112 Å². The van der Waals surface area contributed by atoms with Gasteiger partial charge in [-0.1, -0.05) is 36.0 Å². The maximum absolute atomic E-state index is 16.2. The van der Waals surface area contributed by atoms with Crippen LogP contribution in [0.1, 0.15) is 74.9 Å². The lowest BCUT2D eigenvalue weighted by molar-refractivity contribution is -0.215. The van der Waals surface area contributed by atoms with Gasteiger partial charge in [0.05, 0.1) is 51.6 Å². The smallest absolute Gasteiger partial charge is 0.418 e. The van der Waals surface area contributed by atoms with Crippen LogP contribution in [0.15, 0.2) is 82.6 Å². The zero-order chi connectivity index (χ0) is 60.3. The van der Waals surface area contributed by atoms with E-state index in [4.69, 9.17) is 38.5 Å². The highest BCUT2D eigenvalue weighted by Gasteiger charge is 2.44. The van der Waals surface area contributed by atoms with Gasteiger partial charge in [0, 0.05) is 83.2 Å². The first-order valence-electron chi connectivity index (χ1n) is 26.2. The van der Waals surface area contributed by atoms with Crippen LogP contribution >= 0.6 is 11.8 Å². The number of esters is 2. The average molecular weight is 1180 g/mol. The number of carbonyl (C=O) groups excluding carboxylic acids is 6. The maximum atomic E-state index is 16.2. The Hall–Kier alpha value is -7.77. The number of carbonyl (C=O) groups is 6. The molecule has 4 aliphatic rings. The number of nitrogens with zero attached hydrogens (tertiary/aromatic N) is 4. The van der Waals surface area contributed by atoms with Crippen LogP contribution in [0.3, 0.4) is 0 Å². The van der Waals surface area contributed by atoms with Crippen molar-refractivity contribution < 1.29 is 93.6 Å². The van der Waals surface area contributed by atoms with E-state index in [-0.39, 0.29) is 111 Å². The Balaban J connectivity index is 1.23. The summed E-state index contributed by atoms with van der Waals surface area (Å²) in [6.45, 7) is 8.84. The van der Waals surface area contributed by atoms with Crippen LogP contribution in [0, 0.1) is 0 Å². The second-order valence-corrected chi connectivity index (χ2v) is 22.6. The van der Waals surface area contributed by atoms with Crippen LogP contribution in [0.2, 0.25) is 0 Å². The molecule has 0 spiro atoms. The number of hydrogen-bond acceptors (Lipinski definition) is 15. The highest BCUT2D eigenvalue weighted by atomic mass is 32.2. The second-order valence-electron chi connectivity index (χ2n) is 21.5. The Kier molecular flexibility index (Phi) is 18.2. The summed E-state index contributed by atoms with van der Waals surface area (Å²) in [5.74, 6) is -2.99. The summed E-state index contributed by atoms with van der Waals surface area (Å²) >= 11 is 0.189. The standard InChI is InChI=1S/C58H60F6N4O14S/c1-55(2,3)79-53(73)65-23-25-67(39(31-65)51(71)75-7)45(69)19-13-33-11-17-43(49(57(59,60)61)47(33)37-9-15-41-35(29-37)21-27-77-81-41)83-44-18-12-34(48(50(44)58(62,63)64)38-10-16-42-36(30-38)22-28-78-82-42)14-20-46(70)68-26-24-66(32-40(68)52(72)76-8)54(74)80-56(4,5)6/h9-20,29-30,39-40H,21-28,31-32H2,1-8H3/b19-13+,20-14+. The molecule has 4 heterocycles. The van der Waals surface area contributed by atoms with Crippen LogP contribution in [0.4, 0.5) is 35.9 Å². The first kappa shape index (κ1) is 61.3. The van der Waals surface area contributed by atoms with E-state index in [0.717, 1.165) is 60.5 Å². The van der Waals surface area contributed by atoms with Crippen LogP contribution in [0.25, 0.3) is 34.4 Å². The molecule has 444 valence electrons. The zero-order valence-corrected chi connectivity index (χ0v) is 47.3. The third-order valence-corrected chi connectivity index (χ3v) is 14.6. The summed E-state index contributed by atoms with van der Waals surface area (Å²) < 4.78 is 118. The number of benzene rings is 4. The van der Waals surface area contributed by atoms with E-state index in [9.17, 15) is 28.8 Å². The fourth-order valence-corrected chi connectivity index (χ4v) is 10.9. The van der Waals surface area contributed by atoms with E-state index in [1.807, 2.05) is 0 Å². The van der Waals surface area contributed by atoms with Crippen molar-refractivity contribution in [3.8, 4) is 33.8 Å². The van der Waals surface area contributed by atoms with Crippen molar-refractivity contribution in [2.45, 2.75) is 99.8 Å². The zero-order valence-electron chi connectivity index (χ0n) is 46.5. The predicted octanol–water partition coefficient (Wildman–Crippen LogP) is 10.2. The van der Waals surface area contributed by atoms with Gasteiger partial charge < -0.3 is 48.3 Å². The van der Waals surface area contributed by atoms with Gasteiger partial charge in [0.2, 0.25) is 11.8 Å². The van der Waals surface area contributed by atoms with Gasteiger partial charge in [-0.2, -0.15) is 36.1 Å². The van der Waals surface area contributed by atoms with Gasteiger partial charge in [-0.15, -0.1) is 0 Å². The lowest BCUT2D eigenvalue weighted by Crippen LogP contribution is -2.59. The normalized spacial score (nSPS) is 17.8. The fraction of sp³-hybridized carbons (Fsp3) is 0.414. The maximum Gasteiger partial charge on any atom is 0.418 e. The molecular formula is C58H60F6N4O14S. The summed E-state index contributed by atoms with van der Waals surface area (Å²) in [6, 6.07) is 10.0. The SMILES string of the molecule is COC(=O)C1CN(C(=O)OC(C)(C)C)CCN1C(=O)/C=C/c1ccc(Sc2ccc(/C=C/C(=O)N3CCN(C(=O)OC(C)(C)C)CC3C(=O)OC)c(-c3ccc4c(c3)CCOO4)c2C(F)(F)F)c(C(F)(F)F)c1-c1ccc2c(c1)CCOO2. The first-order chi connectivity index (χ1) is 39.0. The molecule has 2 saturated heterocycles. The molecule has 4 aromatic rings. The molecule has 4 aliphatic heterocycles. The molecule has 0 N–H and O–H groups in total. The van der Waals surface area contributed by atoms with Crippen molar-refractivity contribution in [1.29, 1.82) is 0 Å². The van der Waals surface area contributed by atoms with Gasteiger partial charge in [-0.25, -0.2) is 19.2 Å². The summed E-state index contributed by atoms with van der Waals surface area (Å²) in [5, 5.41) is 0. The van der Waals surface area contributed by atoms with Crippen molar-refractivity contribution in [2.75, 3.05) is 66.7 Å². The van der Waals surface area contributed by atoms with Crippen molar-refractivity contribution in [3.63, 3.8) is 0 Å². The summed E-state index contributed by atoms with van der Waals surface area (Å²) in [4.78, 5) is 104. The summed E-state index contributed by atoms with van der Waals surface area (Å²) in [5.41, 5.74) is -5.07. The lowest BCUT2D eigenvalue weighted by atomic mass is 9.91. The molecule has 0 aromatic heterocycles. The largest absolute Gasteiger partial charge is 0.467 e. The number of halogens is 6. The number of fused-ring (bicyclic) bond motifs is 2. The van der Waals surface area contributed by atoms with Crippen molar-refractivity contribution >= 4 is 59.9 Å². The van der Waals surface area contributed by atoms with Gasteiger partial charge >= 0.3 is 36.5 Å². The highest BCUT2D eigenvalue weighted by molar-refractivity contribution is 7.99. The molecule has 0 aliphatic carbocycles. The predicted molar refractivity (Wildman–Crippen MR) is 287 cm³/mol. The minimum atomic E-state index is -5.28. The van der Waals surface area contributed by atoms with Crippen LogP contribution < -0.4 is 9.78 Å². The molecule has 0 bridgehead atoms. The lowest BCUT2D eigenvalue weighted by Gasteiger charge is -2.39. The molecule has 0 radical (unpaired) electrons. The highest BCUT2D eigenvalue weighted by Crippen LogP contribution is 2.52. The van der Waals surface area contributed by atoms with Crippen molar-refractivity contribution in [3.05, 3.63) is 106 Å². The minimum Gasteiger partial charge on any atom is -0.467 e. The Morgan fingerprint density at radius 2 is 0.940 bits per heavy atom. The second kappa shape index (κ2) is 24.6. The van der Waals surface area contributed by atoms with E-state index in [1.165, 1.54) is 58.3 Å². The van der Waals surface area contributed by atoms with Crippen molar-refractivity contribution in [2.24, 2.45) is 0 Å². The van der Waals surface area contributed by atoms with Gasteiger partial charge in [0.25, 0.3) is 0 Å². The molecule has 0 saturated carbocycles. The van der Waals surface area contributed by atoms with Crippen LogP contribution in [-0.4, -0.2) is 146 Å². The molecule has 2 atom stereocenters. The molecule has 4 amide bonds. The third kappa shape index (κ3) is 14.4. The number of hydrogen-bond donors (Lipinski definition) is 0. The third-order valence-electron chi connectivity index (χ3n) is 13.5. The number of ether oxygens (including phenoxy) is 4.